The second kappa shape index (κ2) is 7.86. The Bertz CT molecular complexity index is 735. The predicted octanol–water partition coefficient (Wildman–Crippen LogP) is 5.13. The summed E-state index contributed by atoms with van der Waals surface area (Å²) >= 11 is 10.5. The van der Waals surface area contributed by atoms with Gasteiger partial charge in [0.1, 0.15) is 0 Å². The van der Waals surface area contributed by atoms with Crippen molar-refractivity contribution in [2.24, 2.45) is 0 Å². The standard InChI is InChI=1S/C16H14BrClN2O2S/c1-20(2)16(22)23-12-6-4-11(5-7-12)19-15(21)13-8-3-10(17)9-14(13)18/h3-9H,1-2H3,(H,19,21). The number of amides is 2. The molecule has 0 saturated carbocycles. The van der Waals surface area contributed by atoms with E-state index in [0.29, 0.717) is 16.3 Å². The summed E-state index contributed by atoms with van der Waals surface area (Å²) in [6, 6.07) is 12.1. The lowest BCUT2D eigenvalue weighted by Gasteiger charge is -2.10. The molecule has 1 N–H and O–H groups in total. The minimum Gasteiger partial charge on any atom is -0.339 e. The molecule has 2 amide bonds. The monoisotopic (exact) mass is 412 g/mol. The third-order valence-corrected chi connectivity index (χ3v) is 4.71. The van der Waals surface area contributed by atoms with Crippen LogP contribution in [0.4, 0.5) is 10.5 Å². The largest absolute Gasteiger partial charge is 0.339 e. The van der Waals surface area contributed by atoms with Crippen LogP contribution < -0.4 is 5.32 Å². The minimum atomic E-state index is -0.285. The van der Waals surface area contributed by atoms with Crippen LogP contribution >= 0.6 is 39.3 Å². The van der Waals surface area contributed by atoms with E-state index in [4.69, 9.17) is 11.6 Å². The van der Waals surface area contributed by atoms with Gasteiger partial charge in [-0.05, 0) is 54.2 Å². The van der Waals surface area contributed by atoms with Gasteiger partial charge < -0.3 is 10.2 Å². The number of carbonyl (C=O) groups is 2. The summed E-state index contributed by atoms with van der Waals surface area (Å²) in [4.78, 5) is 26.2. The average molecular weight is 414 g/mol. The quantitative estimate of drug-likeness (QED) is 0.710. The van der Waals surface area contributed by atoms with Gasteiger partial charge in [0.15, 0.2) is 0 Å². The maximum Gasteiger partial charge on any atom is 0.285 e. The summed E-state index contributed by atoms with van der Waals surface area (Å²) in [5, 5.41) is 3.10. The Morgan fingerprint density at radius 3 is 2.35 bits per heavy atom. The molecule has 0 heterocycles. The first-order chi connectivity index (χ1) is 10.9. The van der Waals surface area contributed by atoms with Crippen LogP contribution in [0.25, 0.3) is 0 Å². The van der Waals surface area contributed by atoms with Crippen molar-refractivity contribution in [1.82, 2.24) is 4.90 Å². The number of rotatable bonds is 3. The summed E-state index contributed by atoms with van der Waals surface area (Å²) in [5.41, 5.74) is 1.03. The van der Waals surface area contributed by atoms with E-state index in [1.807, 2.05) is 0 Å². The highest BCUT2D eigenvalue weighted by atomic mass is 79.9. The molecule has 0 bridgehead atoms. The van der Waals surface area contributed by atoms with Crippen LogP contribution in [0.3, 0.4) is 0 Å². The Morgan fingerprint density at radius 1 is 1.13 bits per heavy atom. The first-order valence-corrected chi connectivity index (χ1v) is 8.61. The van der Waals surface area contributed by atoms with E-state index in [1.54, 1.807) is 56.6 Å². The molecule has 120 valence electrons. The van der Waals surface area contributed by atoms with Crippen molar-refractivity contribution in [2.45, 2.75) is 4.90 Å². The van der Waals surface area contributed by atoms with E-state index in [2.05, 4.69) is 21.2 Å². The number of anilines is 1. The Hall–Kier alpha value is -1.50. The lowest BCUT2D eigenvalue weighted by atomic mass is 10.2. The van der Waals surface area contributed by atoms with Gasteiger partial charge in [-0.1, -0.05) is 27.5 Å². The molecule has 0 aliphatic heterocycles. The molecule has 7 heteroatoms. The number of thioether (sulfide) groups is 1. The number of hydrogen-bond acceptors (Lipinski definition) is 3. The second-order valence-electron chi connectivity index (χ2n) is 4.87. The molecule has 0 spiro atoms. The summed E-state index contributed by atoms with van der Waals surface area (Å²) in [5.74, 6) is -0.285. The van der Waals surface area contributed by atoms with Crippen molar-refractivity contribution in [1.29, 1.82) is 0 Å². The summed E-state index contributed by atoms with van der Waals surface area (Å²) in [7, 11) is 3.40. The van der Waals surface area contributed by atoms with E-state index < -0.39 is 0 Å². The first-order valence-electron chi connectivity index (χ1n) is 6.62. The van der Waals surface area contributed by atoms with E-state index in [0.717, 1.165) is 21.1 Å². The van der Waals surface area contributed by atoms with Crippen molar-refractivity contribution in [3.8, 4) is 0 Å². The van der Waals surface area contributed by atoms with E-state index in [1.165, 1.54) is 4.90 Å². The zero-order valence-corrected chi connectivity index (χ0v) is 15.6. The fourth-order valence-electron chi connectivity index (χ4n) is 1.67. The predicted molar refractivity (Wildman–Crippen MR) is 98.5 cm³/mol. The molecule has 4 nitrogen and oxygen atoms in total. The number of nitrogens with zero attached hydrogens (tertiary/aromatic N) is 1. The Balaban J connectivity index is 2.06. The molecular formula is C16H14BrClN2O2S. The fourth-order valence-corrected chi connectivity index (χ4v) is 3.09. The molecule has 2 aromatic carbocycles. The smallest absolute Gasteiger partial charge is 0.285 e. The maximum atomic E-state index is 12.2. The Labute approximate surface area is 152 Å². The number of carbonyl (C=O) groups excluding carboxylic acids is 2. The molecule has 0 aliphatic carbocycles. The van der Waals surface area contributed by atoms with Gasteiger partial charge in [0, 0.05) is 29.2 Å². The molecule has 0 aliphatic rings. The molecule has 0 saturated heterocycles. The van der Waals surface area contributed by atoms with Gasteiger partial charge in [-0.3, -0.25) is 9.59 Å². The average Bonchev–Trinajstić information content (AvgIpc) is 2.48. The van der Waals surface area contributed by atoms with Crippen molar-refractivity contribution in [3.05, 3.63) is 57.5 Å². The van der Waals surface area contributed by atoms with E-state index in [9.17, 15) is 9.59 Å². The molecule has 2 rings (SSSR count). The molecular weight excluding hydrogens is 400 g/mol. The zero-order chi connectivity index (χ0) is 17.0. The normalized spacial score (nSPS) is 10.3. The summed E-state index contributed by atoms with van der Waals surface area (Å²) in [6.07, 6.45) is 0. The molecule has 2 aromatic rings. The van der Waals surface area contributed by atoms with Crippen LogP contribution in [0.15, 0.2) is 51.8 Å². The van der Waals surface area contributed by atoms with Crippen molar-refractivity contribution in [3.63, 3.8) is 0 Å². The van der Waals surface area contributed by atoms with Crippen LogP contribution in [0.5, 0.6) is 0 Å². The highest BCUT2D eigenvalue weighted by molar-refractivity contribution is 9.10. The summed E-state index contributed by atoms with van der Waals surface area (Å²) in [6.45, 7) is 0. The number of halogens is 2. The third kappa shape index (κ3) is 4.99. The summed E-state index contributed by atoms with van der Waals surface area (Å²) < 4.78 is 0.811. The maximum absolute atomic E-state index is 12.2. The SMILES string of the molecule is CN(C)C(=O)Sc1ccc(NC(=O)c2ccc(Br)cc2Cl)cc1. The molecule has 0 atom stereocenters. The van der Waals surface area contributed by atoms with Gasteiger partial charge in [-0.15, -0.1) is 0 Å². The van der Waals surface area contributed by atoms with Gasteiger partial charge in [-0.2, -0.15) is 0 Å². The second-order valence-corrected chi connectivity index (χ2v) is 7.21. The number of benzene rings is 2. The van der Waals surface area contributed by atoms with Crippen molar-refractivity contribution >= 4 is 56.1 Å². The Kier molecular flexibility index (Phi) is 6.10. The van der Waals surface area contributed by atoms with Crippen molar-refractivity contribution in [2.75, 3.05) is 19.4 Å². The van der Waals surface area contributed by atoms with Gasteiger partial charge in [0.05, 0.1) is 10.6 Å². The van der Waals surface area contributed by atoms with Crippen LogP contribution in [0.2, 0.25) is 5.02 Å². The lowest BCUT2D eigenvalue weighted by molar-refractivity contribution is 0.102. The molecule has 0 fully saturated rings. The first kappa shape index (κ1) is 17.8. The van der Waals surface area contributed by atoms with Gasteiger partial charge in [-0.25, -0.2) is 0 Å². The van der Waals surface area contributed by atoms with Crippen LogP contribution in [-0.4, -0.2) is 30.1 Å². The topological polar surface area (TPSA) is 49.4 Å². The lowest BCUT2D eigenvalue weighted by Crippen LogP contribution is -2.16. The van der Waals surface area contributed by atoms with Gasteiger partial charge in [0.2, 0.25) is 0 Å². The van der Waals surface area contributed by atoms with Gasteiger partial charge >= 0.3 is 0 Å². The van der Waals surface area contributed by atoms with Crippen LogP contribution in [0, 0.1) is 0 Å². The minimum absolute atomic E-state index is 0.0524. The number of nitrogens with one attached hydrogen (secondary N) is 1. The molecule has 23 heavy (non-hydrogen) atoms. The van der Waals surface area contributed by atoms with E-state index in [-0.39, 0.29) is 11.1 Å². The third-order valence-electron chi connectivity index (χ3n) is 2.86. The van der Waals surface area contributed by atoms with Crippen LogP contribution in [0.1, 0.15) is 10.4 Å². The highest BCUT2D eigenvalue weighted by Gasteiger charge is 2.11. The molecule has 0 unspecified atom stereocenters. The fraction of sp³-hybridized carbons (Fsp3) is 0.125. The van der Waals surface area contributed by atoms with Gasteiger partial charge in [0.25, 0.3) is 11.1 Å². The Morgan fingerprint density at radius 2 is 1.78 bits per heavy atom. The molecule has 0 radical (unpaired) electrons. The van der Waals surface area contributed by atoms with E-state index >= 15 is 0 Å². The van der Waals surface area contributed by atoms with Crippen molar-refractivity contribution < 1.29 is 9.59 Å². The number of hydrogen-bond donors (Lipinski definition) is 1. The molecule has 0 aromatic heterocycles. The van der Waals surface area contributed by atoms with Crippen LogP contribution in [-0.2, 0) is 0 Å². The zero-order valence-electron chi connectivity index (χ0n) is 12.5. The highest BCUT2D eigenvalue weighted by Crippen LogP contribution is 2.24.